The Balaban J connectivity index is 1.44. The second-order valence-corrected chi connectivity index (χ2v) is 12.7. The van der Waals surface area contributed by atoms with Crippen LogP contribution in [0.25, 0.3) is 0 Å². The zero-order valence-electron chi connectivity index (χ0n) is 30.4. The highest BCUT2D eigenvalue weighted by molar-refractivity contribution is 6.04. The van der Waals surface area contributed by atoms with E-state index in [0.717, 1.165) is 56.4 Å². The fourth-order valence-electron chi connectivity index (χ4n) is 5.54. The topological polar surface area (TPSA) is 75.2 Å². The van der Waals surface area contributed by atoms with Gasteiger partial charge in [0.2, 0.25) is 0 Å². The van der Waals surface area contributed by atoms with Crippen LogP contribution >= 0.6 is 0 Å². The number of aryl methyl sites for hydroxylation is 2. The number of aliphatic imine (C=N–C) groups is 4. The lowest BCUT2D eigenvalue weighted by Gasteiger charge is -2.17. The van der Waals surface area contributed by atoms with Gasteiger partial charge in [0.05, 0.1) is 68.4 Å². The molecule has 0 aliphatic carbocycles. The van der Waals surface area contributed by atoms with Gasteiger partial charge in [0.25, 0.3) is 0 Å². The van der Waals surface area contributed by atoms with Crippen molar-refractivity contribution in [3.8, 4) is 0 Å². The Hall–Kier alpha value is -5.50. The van der Waals surface area contributed by atoms with Crippen molar-refractivity contribution in [3.63, 3.8) is 0 Å². The van der Waals surface area contributed by atoms with Crippen molar-refractivity contribution < 1.29 is 8.78 Å². The molecule has 5 aromatic rings. The van der Waals surface area contributed by atoms with E-state index in [0.29, 0.717) is 45.3 Å². The molecule has 0 fully saturated rings. The summed E-state index contributed by atoms with van der Waals surface area (Å²) in [5, 5.41) is 0. The molecule has 0 aliphatic rings. The van der Waals surface area contributed by atoms with Gasteiger partial charge < -0.3 is 0 Å². The largest absolute Gasteiger partial charge is 0.251 e. The van der Waals surface area contributed by atoms with Crippen LogP contribution in [0.2, 0.25) is 0 Å². The van der Waals surface area contributed by atoms with Crippen LogP contribution in [0.3, 0.4) is 0 Å². The first-order valence-electron chi connectivity index (χ1n) is 16.5. The summed E-state index contributed by atoms with van der Waals surface area (Å²) < 4.78 is 28.2. The predicted molar refractivity (Wildman–Crippen MR) is 204 cm³/mol. The Morgan fingerprint density at radius 2 is 0.740 bits per heavy atom. The number of nitrogens with zero attached hydrogens (tertiary/aromatic N) is 6. The van der Waals surface area contributed by atoms with Crippen molar-refractivity contribution >= 4 is 45.6 Å². The van der Waals surface area contributed by atoms with Gasteiger partial charge in [0.1, 0.15) is 11.6 Å². The molecular formula is C42H42F2N6. The number of pyridine rings is 2. The van der Waals surface area contributed by atoms with Crippen molar-refractivity contribution in [2.24, 2.45) is 20.0 Å². The first kappa shape index (κ1) is 35.8. The van der Waals surface area contributed by atoms with Gasteiger partial charge >= 0.3 is 0 Å². The molecule has 0 spiro atoms. The van der Waals surface area contributed by atoms with Crippen molar-refractivity contribution in [2.45, 2.75) is 69.2 Å². The Labute approximate surface area is 293 Å². The van der Waals surface area contributed by atoms with E-state index in [4.69, 9.17) is 20.0 Å². The summed E-state index contributed by atoms with van der Waals surface area (Å²) in [6.07, 6.45) is 0. The molecule has 0 unspecified atom stereocenters. The summed E-state index contributed by atoms with van der Waals surface area (Å²) in [5.41, 5.74) is 13.9. The molecular weight excluding hydrogens is 627 g/mol. The molecule has 2 heterocycles. The monoisotopic (exact) mass is 668 g/mol. The maximum atomic E-state index is 14.1. The minimum atomic E-state index is -0.285. The van der Waals surface area contributed by atoms with Crippen molar-refractivity contribution in [1.29, 1.82) is 0 Å². The minimum Gasteiger partial charge on any atom is -0.251 e. The number of halogens is 2. The van der Waals surface area contributed by atoms with Crippen LogP contribution in [0.4, 0.5) is 31.5 Å². The number of hydrogen-bond donors (Lipinski definition) is 0. The van der Waals surface area contributed by atoms with Gasteiger partial charge in [0, 0.05) is 0 Å². The van der Waals surface area contributed by atoms with E-state index in [1.807, 2.05) is 64.1 Å². The van der Waals surface area contributed by atoms with E-state index in [1.165, 1.54) is 12.1 Å². The van der Waals surface area contributed by atoms with Gasteiger partial charge in [-0.3, -0.25) is 20.0 Å². The van der Waals surface area contributed by atoms with Crippen LogP contribution in [0.5, 0.6) is 0 Å². The molecule has 0 bridgehead atoms. The molecule has 5 rings (SSSR count). The predicted octanol–water partition coefficient (Wildman–Crippen LogP) is 11.2. The van der Waals surface area contributed by atoms with Gasteiger partial charge in [-0.05, 0) is 151 Å². The third-order valence-electron chi connectivity index (χ3n) is 8.99. The SMILES string of the molecule is CC(=Nc1ccc(C)c(F)c1)c1cccc(C(C)=Nc2c(C)c(C)c(N=C(C)c3cccc(C(C)=Nc4ccc(C)c(F)c4)n3)c(C)c2C)n1. The molecule has 6 nitrogen and oxygen atoms in total. The number of rotatable bonds is 8. The number of aromatic nitrogens is 2. The molecule has 0 saturated heterocycles. The minimum absolute atomic E-state index is 0.285. The summed E-state index contributed by atoms with van der Waals surface area (Å²) >= 11 is 0. The summed E-state index contributed by atoms with van der Waals surface area (Å²) in [6, 6.07) is 21.4. The lowest BCUT2D eigenvalue weighted by atomic mass is 9.96. The molecule has 0 saturated carbocycles. The smallest absolute Gasteiger partial charge is 0.128 e. The second-order valence-electron chi connectivity index (χ2n) is 12.7. The van der Waals surface area contributed by atoms with Crippen LogP contribution in [0.1, 0.15) is 83.9 Å². The maximum Gasteiger partial charge on any atom is 0.128 e. The first-order valence-corrected chi connectivity index (χ1v) is 16.5. The Kier molecular flexibility index (Phi) is 10.7. The van der Waals surface area contributed by atoms with Crippen LogP contribution < -0.4 is 0 Å². The highest BCUT2D eigenvalue weighted by Crippen LogP contribution is 2.38. The van der Waals surface area contributed by atoms with E-state index in [-0.39, 0.29) is 11.6 Å². The molecule has 8 heteroatoms. The van der Waals surface area contributed by atoms with Crippen molar-refractivity contribution in [2.75, 3.05) is 0 Å². The third-order valence-corrected chi connectivity index (χ3v) is 8.99. The molecule has 0 amide bonds. The van der Waals surface area contributed by atoms with E-state index in [1.54, 1.807) is 38.1 Å². The van der Waals surface area contributed by atoms with Crippen molar-refractivity contribution in [3.05, 3.63) is 141 Å². The Bertz CT molecular complexity index is 2060. The summed E-state index contributed by atoms with van der Waals surface area (Å²) in [5.74, 6) is -0.570. The molecule has 50 heavy (non-hydrogen) atoms. The molecule has 0 N–H and O–H groups in total. The quantitative estimate of drug-likeness (QED) is 0.154. The highest BCUT2D eigenvalue weighted by Gasteiger charge is 2.16. The Morgan fingerprint density at radius 1 is 0.440 bits per heavy atom. The van der Waals surface area contributed by atoms with Crippen molar-refractivity contribution in [1.82, 2.24) is 9.97 Å². The molecule has 0 aliphatic heterocycles. The normalized spacial score (nSPS) is 12.9. The molecule has 0 radical (unpaired) electrons. The van der Waals surface area contributed by atoms with Crippen LogP contribution in [-0.4, -0.2) is 32.8 Å². The zero-order valence-corrected chi connectivity index (χ0v) is 30.4. The maximum absolute atomic E-state index is 14.1. The fourth-order valence-corrected chi connectivity index (χ4v) is 5.54. The average Bonchev–Trinajstić information content (AvgIpc) is 3.10. The zero-order chi connectivity index (χ0) is 36.3. The van der Waals surface area contributed by atoms with E-state index < -0.39 is 0 Å². The second kappa shape index (κ2) is 14.9. The van der Waals surface area contributed by atoms with Gasteiger partial charge in [-0.2, -0.15) is 0 Å². The van der Waals surface area contributed by atoms with E-state index >= 15 is 0 Å². The molecule has 0 atom stereocenters. The van der Waals surface area contributed by atoms with Crippen LogP contribution in [-0.2, 0) is 0 Å². The van der Waals surface area contributed by atoms with E-state index in [9.17, 15) is 8.78 Å². The molecule has 2 aromatic heterocycles. The summed E-state index contributed by atoms with van der Waals surface area (Å²) in [6.45, 7) is 19.4. The number of hydrogen-bond acceptors (Lipinski definition) is 6. The first-order chi connectivity index (χ1) is 23.7. The summed E-state index contributed by atoms with van der Waals surface area (Å²) in [7, 11) is 0. The highest BCUT2D eigenvalue weighted by atomic mass is 19.1. The molecule has 254 valence electrons. The van der Waals surface area contributed by atoms with Crippen LogP contribution in [0.15, 0.2) is 92.8 Å². The van der Waals surface area contributed by atoms with Gasteiger partial charge in [-0.1, -0.05) is 24.3 Å². The standard InChI is InChI=1S/C42H42F2N6/c1-23-17-19-33(21-35(23)43)45-29(7)37-13-11-15-39(49-37)31(9)47-41-25(3)27(5)42(28(6)26(41)4)48-32(10)40-16-12-14-38(50-40)30(8)46-34-20-18-24(2)36(44)22-34/h11-22H,1-10H3. The third kappa shape index (κ3) is 7.86. The van der Waals surface area contributed by atoms with Crippen LogP contribution in [0, 0.1) is 53.2 Å². The van der Waals surface area contributed by atoms with Gasteiger partial charge in [-0.25, -0.2) is 18.7 Å². The van der Waals surface area contributed by atoms with E-state index in [2.05, 4.69) is 37.7 Å². The summed E-state index contributed by atoms with van der Waals surface area (Å²) in [4.78, 5) is 29.0. The lowest BCUT2D eigenvalue weighted by Crippen LogP contribution is -2.06. The Morgan fingerprint density at radius 3 is 1.04 bits per heavy atom. The van der Waals surface area contributed by atoms with Gasteiger partial charge in [-0.15, -0.1) is 0 Å². The lowest BCUT2D eigenvalue weighted by molar-refractivity contribution is 0.618. The molecule has 3 aromatic carbocycles. The average molecular weight is 669 g/mol. The fraction of sp³-hybridized carbons (Fsp3) is 0.238. The van der Waals surface area contributed by atoms with Gasteiger partial charge in [0.15, 0.2) is 0 Å². The number of benzene rings is 3.